The van der Waals surface area contributed by atoms with Crippen LogP contribution in [0.3, 0.4) is 0 Å². The highest BCUT2D eigenvalue weighted by Gasteiger charge is 2.14. The van der Waals surface area contributed by atoms with Crippen LogP contribution < -0.4 is 0 Å². The van der Waals surface area contributed by atoms with Gasteiger partial charge in [0.2, 0.25) is 0 Å². The molecule has 0 bridgehead atoms. The molecule has 0 amide bonds. The summed E-state index contributed by atoms with van der Waals surface area (Å²) < 4.78 is 5.46. The zero-order valence-corrected chi connectivity index (χ0v) is 26.3. The van der Waals surface area contributed by atoms with Crippen LogP contribution in [0, 0.1) is 0 Å². The van der Waals surface area contributed by atoms with Crippen LogP contribution >= 0.6 is 22.7 Å². The molecule has 0 saturated carbocycles. The van der Waals surface area contributed by atoms with Crippen LogP contribution in [-0.4, -0.2) is 9.97 Å². The average Bonchev–Trinajstić information content (AvgIpc) is 3.89. The molecular weight excluding hydrogens is 597 g/mol. The number of aromatic nitrogens is 2. The van der Waals surface area contributed by atoms with Crippen LogP contribution in [0.2, 0.25) is 0 Å². The third-order valence-corrected chi connectivity index (χ3v) is 11.7. The summed E-state index contributed by atoms with van der Waals surface area (Å²) in [6.07, 6.45) is 0. The molecule has 0 fully saturated rings. The van der Waals surface area contributed by atoms with E-state index >= 15 is 0 Å². The average molecular weight is 623 g/mol. The first-order valence-corrected chi connectivity index (χ1v) is 17.1. The first-order chi connectivity index (χ1) is 22.7. The topological polar surface area (TPSA) is 31.6 Å². The Morgan fingerprint density at radius 1 is 0.348 bits per heavy atom. The summed E-state index contributed by atoms with van der Waals surface area (Å²) in [5, 5.41) is 5.18. The van der Waals surface area contributed by atoms with Gasteiger partial charge in [-0.1, -0.05) is 103 Å². The molecule has 4 heterocycles. The van der Waals surface area contributed by atoms with Gasteiger partial charge in [0.1, 0.15) is 0 Å². The fourth-order valence-corrected chi connectivity index (χ4v) is 9.42. The van der Waals surface area contributed by atoms with Gasteiger partial charge in [0.15, 0.2) is 0 Å². The van der Waals surface area contributed by atoms with Crippen LogP contribution in [0.1, 0.15) is 0 Å². The lowest BCUT2D eigenvalue weighted by Crippen LogP contribution is -1.80. The summed E-state index contributed by atoms with van der Waals surface area (Å²) in [6, 6.07) is 53.1. The van der Waals surface area contributed by atoms with E-state index in [2.05, 4.69) is 156 Å². The Bertz CT molecular complexity index is 2670. The number of thiophene rings is 2. The Hall–Kier alpha value is -5.42. The van der Waals surface area contributed by atoms with Gasteiger partial charge < -0.3 is 9.97 Å². The van der Waals surface area contributed by atoms with E-state index in [1.54, 1.807) is 0 Å². The molecule has 0 unspecified atom stereocenters. The molecule has 4 aromatic heterocycles. The zero-order valence-electron chi connectivity index (χ0n) is 24.7. The summed E-state index contributed by atoms with van der Waals surface area (Å²) in [6.45, 7) is 0. The highest BCUT2D eigenvalue weighted by atomic mass is 32.1. The van der Waals surface area contributed by atoms with Crippen molar-refractivity contribution in [2.45, 2.75) is 0 Å². The van der Waals surface area contributed by atoms with Crippen molar-refractivity contribution in [3.8, 4) is 44.8 Å². The lowest BCUT2D eigenvalue weighted by atomic mass is 10.0. The molecular formula is C42H26N2S2. The SMILES string of the molecule is c1ccc2[nH]c(-c3ccc(-c4ccc5c(c4)sc4c6cc(-c7ccc(-c8cc9ccccc9[nH]8)cc7)ccc6sc54)cc3)cc2c1. The highest BCUT2D eigenvalue weighted by Crippen LogP contribution is 2.46. The van der Waals surface area contributed by atoms with Crippen LogP contribution in [0.25, 0.3) is 96.1 Å². The quantitative estimate of drug-likeness (QED) is 0.196. The second-order valence-electron chi connectivity index (χ2n) is 12.0. The molecule has 0 atom stereocenters. The Labute approximate surface area is 273 Å². The molecule has 0 saturated heterocycles. The summed E-state index contributed by atoms with van der Waals surface area (Å²) in [5.41, 5.74) is 12.0. The van der Waals surface area contributed by atoms with Gasteiger partial charge in [-0.3, -0.25) is 0 Å². The second-order valence-corrected chi connectivity index (χ2v) is 14.1. The third kappa shape index (κ3) is 4.15. The van der Waals surface area contributed by atoms with E-state index in [0.29, 0.717) is 0 Å². The summed E-state index contributed by atoms with van der Waals surface area (Å²) in [4.78, 5) is 7.11. The standard InChI is InChI=1S/C42H26N2S2/c1-3-7-35-31(5-1)22-37(43-35)27-13-9-25(10-14-27)29-18-20-39-34(21-29)42-41(45-39)33-19-17-30(24-40(33)46-42)26-11-15-28(16-12-26)38-23-32-6-2-4-8-36(32)44-38/h1-24,43-44H. The Morgan fingerprint density at radius 3 is 1.43 bits per heavy atom. The van der Waals surface area contributed by atoms with Crippen molar-refractivity contribution in [2.75, 3.05) is 0 Å². The maximum Gasteiger partial charge on any atom is 0.0542 e. The molecule has 216 valence electrons. The van der Waals surface area contributed by atoms with E-state index in [4.69, 9.17) is 0 Å². The highest BCUT2D eigenvalue weighted by molar-refractivity contribution is 7.36. The molecule has 2 nitrogen and oxygen atoms in total. The van der Waals surface area contributed by atoms with Gasteiger partial charge in [-0.25, -0.2) is 0 Å². The maximum atomic E-state index is 3.55. The number of hydrogen-bond acceptors (Lipinski definition) is 2. The van der Waals surface area contributed by atoms with Gasteiger partial charge in [-0.2, -0.15) is 0 Å². The molecule has 0 spiro atoms. The van der Waals surface area contributed by atoms with Gasteiger partial charge >= 0.3 is 0 Å². The van der Waals surface area contributed by atoms with E-state index in [0.717, 1.165) is 11.4 Å². The largest absolute Gasteiger partial charge is 0.355 e. The third-order valence-electron chi connectivity index (χ3n) is 9.20. The fourth-order valence-electron chi connectivity index (χ4n) is 6.76. The van der Waals surface area contributed by atoms with Crippen molar-refractivity contribution in [3.05, 3.63) is 146 Å². The van der Waals surface area contributed by atoms with Crippen molar-refractivity contribution in [1.82, 2.24) is 9.97 Å². The van der Waals surface area contributed by atoms with Gasteiger partial charge in [0.05, 0.1) is 9.40 Å². The zero-order chi connectivity index (χ0) is 30.2. The molecule has 4 heteroatoms. The maximum absolute atomic E-state index is 3.55. The van der Waals surface area contributed by atoms with E-state index in [1.807, 2.05) is 22.7 Å². The van der Waals surface area contributed by atoms with Gasteiger partial charge in [-0.05, 0) is 75.8 Å². The number of hydrogen-bond donors (Lipinski definition) is 2. The van der Waals surface area contributed by atoms with Crippen LogP contribution in [0.5, 0.6) is 0 Å². The summed E-state index contributed by atoms with van der Waals surface area (Å²) in [7, 11) is 0. The number of para-hydroxylation sites is 2. The normalized spacial score (nSPS) is 11.9. The van der Waals surface area contributed by atoms with E-state index in [1.165, 1.54) is 84.8 Å². The van der Waals surface area contributed by atoms with Gasteiger partial charge in [0.25, 0.3) is 0 Å². The lowest BCUT2D eigenvalue weighted by molar-refractivity contribution is 1.45. The number of benzene rings is 6. The molecule has 2 N–H and O–H groups in total. The van der Waals surface area contributed by atoms with E-state index < -0.39 is 0 Å². The molecule has 0 aliphatic carbocycles. The second kappa shape index (κ2) is 10.0. The van der Waals surface area contributed by atoms with E-state index in [-0.39, 0.29) is 0 Å². The molecule has 10 aromatic rings. The van der Waals surface area contributed by atoms with Crippen molar-refractivity contribution in [2.24, 2.45) is 0 Å². The first kappa shape index (κ1) is 25.9. The Kier molecular flexibility index (Phi) is 5.65. The lowest BCUT2D eigenvalue weighted by Gasteiger charge is -2.05. The first-order valence-electron chi connectivity index (χ1n) is 15.5. The van der Waals surface area contributed by atoms with Crippen LogP contribution in [0.15, 0.2) is 146 Å². The molecule has 6 aromatic carbocycles. The summed E-state index contributed by atoms with van der Waals surface area (Å²) in [5.74, 6) is 0. The summed E-state index contributed by atoms with van der Waals surface area (Å²) >= 11 is 3.82. The smallest absolute Gasteiger partial charge is 0.0542 e. The predicted molar refractivity (Wildman–Crippen MR) is 200 cm³/mol. The van der Waals surface area contributed by atoms with Crippen molar-refractivity contribution < 1.29 is 0 Å². The Morgan fingerprint density at radius 2 is 0.826 bits per heavy atom. The van der Waals surface area contributed by atoms with Gasteiger partial charge in [-0.15, -0.1) is 22.7 Å². The molecule has 10 rings (SSSR count). The number of fused-ring (bicyclic) bond motifs is 7. The van der Waals surface area contributed by atoms with Crippen molar-refractivity contribution >= 4 is 74.1 Å². The number of rotatable bonds is 4. The predicted octanol–water partition coefficient (Wildman–Crippen LogP) is 12.9. The molecule has 46 heavy (non-hydrogen) atoms. The fraction of sp³-hybridized carbons (Fsp3) is 0. The van der Waals surface area contributed by atoms with Crippen molar-refractivity contribution in [3.63, 3.8) is 0 Å². The number of aromatic amines is 2. The monoisotopic (exact) mass is 622 g/mol. The van der Waals surface area contributed by atoms with E-state index in [9.17, 15) is 0 Å². The minimum absolute atomic E-state index is 1.15. The van der Waals surface area contributed by atoms with Crippen LogP contribution in [0.4, 0.5) is 0 Å². The Balaban J connectivity index is 0.975. The molecule has 0 radical (unpaired) electrons. The number of nitrogens with one attached hydrogen (secondary N) is 2. The minimum Gasteiger partial charge on any atom is -0.355 e. The number of H-pyrrole nitrogens is 2. The minimum atomic E-state index is 1.15. The van der Waals surface area contributed by atoms with Gasteiger partial charge in [0, 0.05) is 53.4 Å². The van der Waals surface area contributed by atoms with Crippen molar-refractivity contribution in [1.29, 1.82) is 0 Å². The molecule has 0 aliphatic rings. The van der Waals surface area contributed by atoms with Crippen LogP contribution in [-0.2, 0) is 0 Å². The molecule has 0 aliphatic heterocycles.